The average molecular weight is 395 g/mol. The molecule has 5 heteroatoms. The second-order valence-electron chi connectivity index (χ2n) is 5.23. The highest BCUT2D eigenvalue weighted by atomic mass is 79.9. The standard InChI is InChI=1S/C14H21Br2NO2/c1-4-19-13-10(5-11(15)6-12(13)16)7-17-8-14(2,3)9-18/h5-6,17-18H,4,7-9H2,1-3H3. The van der Waals surface area contributed by atoms with Crippen LogP contribution in [0, 0.1) is 5.41 Å². The number of hydrogen-bond donors (Lipinski definition) is 2. The summed E-state index contributed by atoms with van der Waals surface area (Å²) in [6.07, 6.45) is 0. The summed E-state index contributed by atoms with van der Waals surface area (Å²) in [7, 11) is 0. The number of benzene rings is 1. The highest BCUT2D eigenvalue weighted by Crippen LogP contribution is 2.33. The Morgan fingerprint density at radius 1 is 1.32 bits per heavy atom. The fourth-order valence-corrected chi connectivity index (χ4v) is 3.07. The smallest absolute Gasteiger partial charge is 0.138 e. The summed E-state index contributed by atoms with van der Waals surface area (Å²) in [6.45, 7) is 8.28. The largest absolute Gasteiger partial charge is 0.492 e. The van der Waals surface area contributed by atoms with Crippen LogP contribution in [0.3, 0.4) is 0 Å². The van der Waals surface area contributed by atoms with Gasteiger partial charge in [-0.1, -0.05) is 29.8 Å². The van der Waals surface area contributed by atoms with Crippen LogP contribution in [0.1, 0.15) is 26.3 Å². The molecule has 1 rings (SSSR count). The molecule has 0 amide bonds. The molecule has 0 saturated carbocycles. The van der Waals surface area contributed by atoms with E-state index in [1.54, 1.807) is 0 Å². The monoisotopic (exact) mass is 393 g/mol. The number of hydrogen-bond acceptors (Lipinski definition) is 3. The van der Waals surface area contributed by atoms with Gasteiger partial charge >= 0.3 is 0 Å². The minimum atomic E-state index is -0.116. The van der Waals surface area contributed by atoms with E-state index in [4.69, 9.17) is 4.74 Å². The van der Waals surface area contributed by atoms with Crippen molar-refractivity contribution in [2.75, 3.05) is 19.8 Å². The molecule has 0 spiro atoms. The van der Waals surface area contributed by atoms with Crippen LogP contribution < -0.4 is 10.1 Å². The molecule has 0 aromatic heterocycles. The van der Waals surface area contributed by atoms with E-state index in [1.807, 2.05) is 26.8 Å². The first-order valence-corrected chi connectivity index (χ1v) is 7.90. The Labute approximate surface area is 132 Å². The number of nitrogens with one attached hydrogen (secondary N) is 1. The summed E-state index contributed by atoms with van der Waals surface area (Å²) in [4.78, 5) is 0. The highest BCUT2D eigenvalue weighted by molar-refractivity contribution is 9.11. The molecule has 0 saturated heterocycles. The van der Waals surface area contributed by atoms with Crippen molar-refractivity contribution in [3.63, 3.8) is 0 Å². The van der Waals surface area contributed by atoms with Gasteiger partial charge in [-0.2, -0.15) is 0 Å². The molecular formula is C14H21Br2NO2. The van der Waals surface area contributed by atoms with Gasteiger partial charge in [0.2, 0.25) is 0 Å². The molecule has 0 atom stereocenters. The van der Waals surface area contributed by atoms with Crippen LogP contribution in [-0.2, 0) is 6.54 Å². The first-order valence-electron chi connectivity index (χ1n) is 6.32. The second kappa shape index (κ2) is 7.62. The quantitative estimate of drug-likeness (QED) is 0.740. The van der Waals surface area contributed by atoms with Gasteiger partial charge in [-0.05, 0) is 35.0 Å². The summed E-state index contributed by atoms with van der Waals surface area (Å²) in [5, 5.41) is 12.6. The lowest BCUT2D eigenvalue weighted by Gasteiger charge is -2.22. The van der Waals surface area contributed by atoms with E-state index >= 15 is 0 Å². The maximum absolute atomic E-state index is 9.24. The molecule has 1 aromatic carbocycles. The molecule has 0 unspecified atom stereocenters. The van der Waals surface area contributed by atoms with E-state index in [1.165, 1.54) is 0 Å². The van der Waals surface area contributed by atoms with E-state index in [0.717, 1.165) is 26.8 Å². The van der Waals surface area contributed by atoms with Crippen LogP contribution in [0.2, 0.25) is 0 Å². The predicted octanol–water partition coefficient (Wildman–Crippen LogP) is 3.72. The number of aliphatic hydroxyl groups excluding tert-OH is 1. The van der Waals surface area contributed by atoms with Crippen LogP contribution in [0.4, 0.5) is 0 Å². The van der Waals surface area contributed by atoms with Crippen molar-refractivity contribution in [2.24, 2.45) is 5.41 Å². The third-order valence-corrected chi connectivity index (χ3v) is 3.77. The van der Waals surface area contributed by atoms with Crippen molar-refractivity contribution < 1.29 is 9.84 Å². The maximum atomic E-state index is 9.24. The van der Waals surface area contributed by atoms with Crippen LogP contribution >= 0.6 is 31.9 Å². The lowest BCUT2D eigenvalue weighted by Crippen LogP contribution is -2.32. The highest BCUT2D eigenvalue weighted by Gasteiger charge is 2.16. The fraction of sp³-hybridized carbons (Fsp3) is 0.571. The zero-order valence-electron chi connectivity index (χ0n) is 11.6. The van der Waals surface area contributed by atoms with Gasteiger partial charge in [0, 0.05) is 35.1 Å². The van der Waals surface area contributed by atoms with Crippen LogP contribution in [0.5, 0.6) is 5.75 Å². The molecule has 19 heavy (non-hydrogen) atoms. The Balaban J connectivity index is 2.76. The molecule has 0 aliphatic carbocycles. The summed E-state index contributed by atoms with van der Waals surface area (Å²) in [5.41, 5.74) is 0.978. The summed E-state index contributed by atoms with van der Waals surface area (Å²) in [5.74, 6) is 0.875. The van der Waals surface area contributed by atoms with E-state index in [2.05, 4.69) is 43.2 Å². The zero-order chi connectivity index (χ0) is 14.5. The molecule has 0 aliphatic heterocycles. The predicted molar refractivity (Wildman–Crippen MR) is 85.6 cm³/mol. The van der Waals surface area contributed by atoms with Gasteiger partial charge in [-0.25, -0.2) is 0 Å². The van der Waals surface area contributed by atoms with Crippen LogP contribution in [0.15, 0.2) is 21.1 Å². The Kier molecular flexibility index (Phi) is 6.80. The van der Waals surface area contributed by atoms with Gasteiger partial charge in [0.1, 0.15) is 5.75 Å². The van der Waals surface area contributed by atoms with Crippen molar-refractivity contribution in [3.8, 4) is 5.75 Å². The zero-order valence-corrected chi connectivity index (χ0v) is 14.8. The Hall–Kier alpha value is -0.100. The fourth-order valence-electron chi connectivity index (χ4n) is 1.64. The van der Waals surface area contributed by atoms with Gasteiger partial charge in [-0.3, -0.25) is 0 Å². The normalized spacial score (nSPS) is 11.7. The van der Waals surface area contributed by atoms with E-state index in [9.17, 15) is 5.11 Å². The third kappa shape index (κ3) is 5.42. The van der Waals surface area contributed by atoms with Crippen LogP contribution in [-0.4, -0.2) is 24.9 Å². The summed E-state index contributed by atoms with van der Waals surface area (Å²) < 4.78 is 7.64. The van der Waals surface area contributed by atoms with Crippen molar-refractivity contribution in [2.45, 2.75) is 27.3 Å². The van der Waals surface area contributed by atoms with Crippen molar-refractivity contribution in [1.82, 2.24) is 5.32 Å². The molecule has 0 radical (unpaired) electrons. The first kappa shape index (κ1) is 17.0. The summed E-state index contributed by atoms with van der Waals surface area (Å²) in [6, 6.07) is 4.03. The van der Waals surface area contributed by atoms with Crippen molar-refractivity contribution in [3.05, 3.63) is 26.6 Å². The minimum absolute atomic E-state index is 0.116. The molecule has 0 bridgehead atoms. The molecule has 0 aliphatic rings. The number of halogens is 2. The number of rotatable bonds is 7. The lowest BCUT2D eigenvalue weighted by atomic mass is 9.95. The number of ether oxygens (including phenoxy) is 1. The van der Waals surface area contributed by atoms with E-state index in [-0.39, 0.29) is 12.0 Å². The van der Waals surface area contributed by atoms with Gasteiger partial charge in [0.05, 0.1) is 11.1 Å². The molecule has 0 fully saturated rings. The second-order valence-corrected chi connectivity index (χ2v) is 7.00. The molecule has 3 nitrogen and oxygen atoms in total. The molecule has 2 N–H and O–H groups in total. The van der Waals surface area contributed by atoms with Gasteiger partial charge in [-0.15, -0.1) is 0 Å². The molecular weight excluding hydrogens is 374 g/mol. The van der Waals surface area contributed by atoms with E-state index < -0.39 is 0 Å². The van der Waals surface area contributed by atoms with Gasteiger partial charge < -0.3 is 15.2 Å². The van der Waals surface area contributed by atoms with Gasteiger partial charge in [0.25, 0.3) is 0 Å². The minimum Gasteiger partial charge on any atom is -0.492 e. The Bertz CT molecular complexity index is 422. The van der Waals surface area contributed by atoms with Crippen molar-refractivity contribution >= 4 is 31.9 Å². The first-order chi connectivity index (χ1) is 8.89. The van der Waals surface area contributed by atoms with Crippen LogP contribution in [0.25, 0.3) is 0 Å². The molecule has 1 aromatic rings. The SMILES string of the molecule is CCOc1c(Br)cc(Br)cc1CNCC(C)(C)CO. The van der Waals surface area contributed by atoms with Crippen molar-refractivity contribution in [1.29, 1.82) is 0 Å². The Morgan fingerprint density at radius 2 is 2.00 bits per heavy atom. The topological polar surface area (TPSA) is 41.5 Å². The van der Waals surface area contributed by atoms with E-state index in [0.29, 0.717) is 13.2 Å². The maximum Gasteiger partial charge on any atom is 0.138 e. The third-order valence-electron chi connectivity index (χ3n) is 2.72. The average Bonchev–Trinajstić information content (AvgIpc) is 2.33. The molecule has 108 valence electrons. The molecule has 0 heterocycles. The Morgan fingerprint density at radius 3 is 2.58 bits per heavy atom. The van der Waals surface area contributed by atoms with Gasteiger partial charge in [0.15, 0.2) is 0 Å². The lowest BCUT2D eigenvalue weighted by molar-refractivity contribution is 0.156. The number of aliphatic hydroxyl groups is 1. The summed E-state index contributed by atoms with van der Waals surface area (Å²) >= 11 is 7.01.